The molecular weight excluding hydrogens is 232 g/mol. The Morgan fingerprint density at radius 3 is 2.12 bits per heavy atom. The van der Waals surface area contributed by atoms with Crippen molar-refractivity contribution in [3.05, 3.63) is 39.9 Å². The van der Waals surface area contributed by atoms with Gasteiger partial charge in [-0.3, -0.25) is 10.1 Å². The van der Waals surface area contributed by atoms with E-state index >= 15 is 0 Å². The summed E-state index contributed by atoms with van der Waals surface area (Å²) in [5.41, 5.74) is 0.477. The van der Waals surface area contributed by atoms with E-state index in [9.17, 15) is 18.5 Å². The summed E-state index contributed by atoms with van der Waals surface area (Å²) in [6, 6.07) is 5.47. The van der Waals surface area contributed by atoms with E-state index in [0.717, 1.165) is 4.31 Å². The van der Waals surface area contributed by atoms with Crippen LogP contribution in [0.3, 0.4) is 0 Å². The van der Waals surface area contributed by atoms with E-state index in [-0.39, 0.29) is 11.4 Å². The third kappa shape index (κ3) is 3.01. The SMILES string of the molecule is CN(C)S(=O)(=O)Cc1ccc([N+](=O)[O-])cc1. The van der Waals surface area contributed by atoms with Crippen LogP contribution in [0.25, 0.3) is 0 Å². The van der Waals surface area contributed by atoms with Crippen LogP contribution in [0.5, 0.6) is 0 Å². The molecule has 0 N–H and O–H groups in total. The smallest absolute Gasteiger partial charge is 0.258 e. The maximum Gasteiger partial charge on any atom is 0.269 e. The van der Waals surface area contributed by atoms with E-state index in [1.807, 2.05) is 0 Å². The Morgan fingerprint density at radius 2 is 1.75 bits per heavy atom. The zero-order valence-corrected chi connectivity index (χ0v) is 9.77. The molecule has 0 saturated carbocycles. The van der Waals surface area contributed by atoms with Gasteiger partial charge in [0.1, 0.15) is 0 Å². The second-order valence-corrected chi connectivity index (χ2v) is 5.64. The first kappa shape index (κ1) is 12.6. The molecule has 6 nitrogen and oxygen atoms in total. The normalized spacial score (nSPS) is 11.7. The lowest BCUT2D eigenvalue weighted by Crippen LogP contribution is -2.23. The molecule has 0 aliphatic carbocycles. The first-order chi connectivity index (χ1) is 7.33. The lowest BCUT2D eigenvalue weighted by atomic mass is 10.2. The summed E-state index contributed by atoms with van der Waals surface area (Å²) in [6.45, 7) is 0. The minimum atomic E-state index is -3.32. The van der Waals surface area contributed by atoms with Gasteiger partial charge in [-0.15, -0.1) is 0 Å². The van der Waals surface area contributed by atoms with E-state index in [2.05, 4.69) is 0 Å². The molecule has 0 fully saturated rings. The highest BCUT2D eigenvalue weighted by Crippen LogP contribution is 2.14. The molecule has 0 unspecified atom stereocenters. The van der Waals surface area contributed by atoms with Crippen molar-refractivity contribution in [1.29, 1.82) is 0 Å². The van der Waals surface area contributed by atoms with Crippen LogP contribution in [0.15, 0.2) is 24.3 Å². The van der Waals surface area contributed by atoms with Crippen LogP contribution < -0.4 is 0 Å². The maximum atomic E-state index is 11.5. The molecule has 0 aliphatic heterocycles. The Bertz CT molecular complexity index is 479. The van der Waals surface area contributed by atoms with E-state index < -0.39 is 14.9 Å². The van der Waals surface area contributed by atoms with Crippen LogP contribution in [0.2, 0.25) is 0 Å². The maximum absolute atomic E-state index is 11.5. The summed E-state index contributed by atoms with van der Waals surface area (Å²) in [6.07, 6.45) is 0. The third-order valence-electron chi connectivity index (χ3n) is 2.05. The molecule has 1 aromatic carbocycles. The number of nitro groups is 1. The number of hydrogen-bond donors (Lipinski definition) is 0. The Labute approximate surface area is 93.7 Å². The van der Waals surface area contributed by atoms with E-state index in [1.165, 1.54) is 38.4 Å². The van der Waals surface area contributed by atoms with E-state index in [0.29, 0.717) is 5.56 Å². The van der Waals surface area contributed by atoms with Crippen molar-refractivity contribution < 1.29 is 13.3 Å². The van der Waals surface area contributed by atoms with Crippen molar-refractivity contribution in [2.24, 2.45) is 0 Å². The van der Waals surface area contributed by atoms with Gasteiger partial charge in [0.05, 0.1) is 10.7 Å². The van der Waals surface area contributed by atoms with E-state index in [1.54, 1.807) is 0 Å². The minimum Gasteiger partial charge on any atom is -0.258 e. The Kier molecular flexibility index (Phi) is 3.61. The summed E-state index contributed by atoms with van der Waals surface area (Å²) in [4.78, 5) is 9.86. The molecule has 1 aromatic rings. The topological polar surface area (TPSA) is 80.5 Å². The largest absolute Gasteiger partial charge is 0.269 e. The fourth-order valence-corrected chi connectivity index (χ4v) is 1.93. The van der Waals surface area contributed by atoms with Crippen molar-refractivity contribution in [2.75, 3.05) is 14.1 Å². The van der Waals surface area contributed by atoms with Gasteiger partial charge in [0.25, 0.3) is 5.69 Å². The second kappa shape index (κ2) is 4.58. The zero-order chi connectivity index (χ0) is 12.3. The first-order valence-corrected chi connectivity index (χ1v) is 6.07. The molecule has 0 radical (unpaired) electrons. The number of nitrogens with zero attached hydrogens (tertiary/aromatic N) is 2. The predicted molar refractivity (Wildman–Crippen MR) is 59.4 cm³/mol. The molecule has 0 spiro atoms. The fraction of sp³-hybridized carbons (Fsp3) is 0.333. The van der Waals surface area contributed by atoms with Gasteiger partial charge in [-0.25, -0.2) is 12.7 Å². The molecule has 7 heteroatoms. The van der Waals surface area contributed by atoms with E-state index in [4.69, 9.17) is 0 Å². The zero-order valence-electron chi connectivity index (χ0n) is 8.95. The quantitative estimate of drug-likeness (QED) is 0.584. The number of non-ortho nitro benzene ring substituents is 1. The Morgan fingerprint density at radius 1 is 1.25 bits per heavy atom. The van der Waals surface area contributed by atoms with Gasteiger partial charge < -0.3 is 0 Å². The number of hydrogen-bond acceptors (Lipinski definition) is 4. The molecule has 16 heavy (non-hydrogen) atoms. The second-order valence-electron chi connectivity index (χ2n) is 3.46. The van der Waals surface area contributed by atoms with Gasteiger partial charge in [0.15, 0.2) is 0 Å². The summed E-state index contributed by atoms with van der Waals surface area (Å²) >= 11 is 0. The van der Waals surface area contributed by atoms with Gasteiger partial charge >= 0.3 is 0 Å². The standard InChI is InChI=1S/C9H12N2O4S/c1-10(2)16(14,15)7-8-3-5-9(6-4-8)11(12)13/h3-6H,7H2,1-2H3. The van der Waals surface area contributed by atoms with Gasteiger partial charge in [-0.05, 0) is 5.56 Å². The van der Waals surface area contributed by atoms with Crippen molar-refractivity contribution in [3.8, 4) is 0 Å². The summed E-state index contributed by atoms with van der Waals surface area (Å²) in [7, 11) is -0.431. The van der Waals surface area contributed by atoms with Gasteiger partial charge in [0, 0.05) is 26.2 Å². The minimum absolute atomic E-state index is 0.0500. The number of rotatable bonds is 4. The molecule has 1 rings (SSSR count). The average Bonchev–Trinajstić information content (AvgIpc) is 2.17. The van der Waals surface area contributed by atoms with Crippen LogP contribution in [0.4, 0.5) is 5.69 Å². The van der Waals surface area contributed by atoms with Crippen LogP contribution in [-0.2, 0) is 15.8 Å². The van der Waals surface area contributed by atoms with Crippen LogP contribution in [0, 0.1) is 10.1 Å². The fourth-order valence-electron chi connectivity index (χ4n) is 1.05. The highest BCUT2D eigenvalue weighted by atomic mass is 32.2. The van der Waals surface area contributed by atoms with Crippen molar-refractivity contribution >= 4 is 15.7 Å². The van der Waals surface area contributed by atoms with Crippen molar-refractivity contribution in [2.45, 2.75) is 5.75 Å². The highest BCUT2D eigenvalue weighted by molar-refractivity contribution is 7.88. The number of nitro benzene ring substituents is 1. The van der Waals surface area contributed by atoms with Crippen molar-refractivity contribution in [3.63, 3.8) is 0 Å². The van der Waals surface area contributed by atoms with Crippen LogP contribution in [0.1, 0.15) is 5.56 Å². The molecule has 88 valence electrons. The molecule has 0 saturated heterocycles. The molecular formula is C9H12N2O4S. The lowest BCUT2D eigenvalue weighted by molar-refractivity contribution is -0.384. The first-order valence-electron chi connectivity index (χ1n) is 4.46. The average molecular weight is 244 g/mol. The van der Waals surface area contributed by atoms with Gasteiger partial charge in [0.2, 0.25) is 10.0 Å². The number of benzene rings is 1. The summed E-state index contributed by atoms with van der Waals surface area (Å²) < 4.78 is 24.1. The third-order valence-corrected chi connectivity index (χ3v) is 3.86. The monoisotopic (exact) mass is 244 g/mol. The van der Waals surface area contributed by atoms with Gasteiger partial charge in [-0.1, -0.05) is 12.1 Å². The van der Waals surface area contributed by atoms with Crippen LogP contribution in [-0.4, -0.2) is 31.7 Å². The van der Waals surface area contributed by atoms with Crippen molar-refractivity contribution in [1.82, 2.24) is 4.31 Å². The summed E-state index contributed by atoms with van der Waals surface area (Å²) in [5.74, 6) is -0.155. The predicted octanol–water partition coefficient (Wildman–Crippen LogP) is 0.986. The Balaban J connectivity index is 2.89. The highest BCUT2D eigenvalue weighted by Gasteiger charge is 2.15. The molecule has 0 aliphatic rings. The Hall–Kier alpha value is -1.47. The van der Waals surface area contributed by atoms with Gasteiger partial charge in [-0.2, -0.15) is 0 Å². The summed E-state index contributed by atoms with van der Waals surface area (Å²) in [5, 5.41) is 10.4. The molecule has 0 bridgehead atoms. The molecule has 0 amide bonds. The van der Waals surface area contributed by atoms with Crippen LogP contribution >= 0.6 is 0 Å². The lowest BCUT2D eigenvalue weighted by Gasteiger charge is -2.10. The molecule has 0 aromatic heterocycles. The molecule has 0 atom stereocenters. The number of sulfonamides is 1. The molecule has 0 heterocycles.